The molecule has 1 amide bonds. The smallest absolute Gasteiger partial charge is 0.375 e. The minimum atomic E-state index is -2.90. The zero-order chi connectivity index (χ0) is 12.1. The highest BCUT2D eigenvalue weighted by Crippen LogP contribution is 2.22. The van der Waals surface area contributed by atoms with Gasteiger partial charge in [-0.25, -0.2) is 0 Å². The molecule has 0 heterocycles. The molecule has 0 saturated heterocycles. The lowest BCUT2D eigenvalue weighted by Crippen LogP contribution is -2.68. The molecule has 0 aromatic rings. The second-order valence-electron chi connectivity index (χ2n) is 3.49. The van der Waals surface area contributed by atoms with E-state index in [-0.39, 0.29) is 5.91 Å². The van der Waals surface area contributed by atoms with Crippen LogP contribution in [0.4, 0.5) is 0 Å². The first-order chi connectivity index (χ1) is 6.89. The molecule has 0 aliphatic rings. The molecule has 0 aromatic heterocycles. The molecule has 1 N–H and O–H groups in total. The van der Waals surface area contributed by atoms with Gasteiger partial charge in [0.2, 0.25) is 5.91 Å². The van der Waals surface area contributed by atoms with Gasteiger partial charge in [-0.2, -0.15) is 0 Å². The van der Waals surface area contributed by atoms with E-state index in [0.717, 1.165) is 0 Å². The highest BCUT2D eigenvalue weighted by Gasteiger charge is 2.54. The molecule has 88 valence electrons. The molecule has 0 fully saturated rings. The molecule has 15 heavy (non-hydrogen) atoms. The molecule has 0 aromatic carbocycles. The van der Waals surface area contributed by atoms with E-state index in [4.69, 9.17) is 13.3 Å². The third-order valence-electron chi connectivity index (χ3n) is 2.19. The van der Waals surface area contributed by atoms with Gasteiger partial charge < -0.3 is 18.6 Å². The third kappa shape index (κ3) is 2.88. The Morgan fingerprint density at radius 1 is 1.27 bits per heavy atom. The Morgan fingerprint density at radius 2 is 1.67 bits per heavy atom. The molecule has 0 saturated carbocycles. The van der Waals surface area contributed by atoms with E-state index in [9.17, 15) is 4.79 Å². The van der Waals surface area contributed by atoms with Crippen LogP contribution in [0, 0.1) is 0 Å². The summed E-state index contributed by atoms with van der Waals surface area (Å²) in [4.78, 5) is 11.2. The van der Waals surface area contributed by atoms with Crippen LogP contribution < -0.4 is 5.32 Å². The summed E-state index contributed by atoms with van der Waals surface area (Å²) in [5.41, 5.74) is 0. The summed E-state index contributed by atoms with van der Waals surface area (Å²) in [5, 5.41) is 2.02. The molecule has 6 heteroatoms. The molecule has 0 aliphatic heterocycles. The van der Waals surface area contributed by atoms with Crippen LogP contribution in [0.5, 0.6) is 0 Å². The highest BCUT2D eigenvalue weighted by molar-refractivity contribution is 6.64. The normalized spacial score (nSPS) is 12.3. The Bertz CT molecular complexity index is 230. The van der Waals surface area contributed by atoms with Crippen LogP contribution in [0.15, 0.2) is 12.7 Å². The SMILES string of the molecule is C=CC(=O)NC(C)(C)[Si](OC)(OC)OC. The van der Waals surface area contributed by atoms with E-state index in [0.29, 0.717) is 0 Å². The van der Waals surface area contributed by atoms with Crippen LogP contribution in [0.2, 0.25) is 0 Å². The lowest BCUT2D eigenvalue weighted by atomic mass is 10.3. The van der Waals surface area contributed by atoms with Crippen molar-refractivity contribution in [2.75, 3.05) is 21.3 Å². The molecule has 5 nitrogen and oxygen atoms in total. The molecular formula is C9H19NO4Si. The summed E-state index contributed by atoms with van der Waals surface area (Å²) in [6, 6.07) is 0. The highest BCUT2D eigenvalue weighted by atomic mass is 28.4. The van der Waals surface area contributed by atoms with Crippen LogP contribution in [0.25, 0.3) is 0 Å². The number of rotatable bonds is 6. The first-order valence-electron chi connectivity index (χ1n) is 4.49. The Hall–Kier alpha value is -0.693. The van der Waals surface area contributed by atoms with Gasteiger partial charge in [-0.15, -0.1) is 0 Å². The molecule has 0 spiro atoms. The van der Waals surface area contributed by atoms with Crippen LogP contribution >= 0.6 is 0 Å². The van der Waals surface area contributed by atoms with Crippen molar-refractivity contribution in [1.29, 1.82) is 0 Å². The Morgan fingerprint density at radius 3 is 1.93 bits per heavy atom. The predicted molar refractivity (Wildman–Crippen MR) is 59.2 cm³/mol. The maximum atomic E-state index is 11.2. The van der Waals surface area contributed by atoms with Gasteiger partial charge in [0.25, 0.3) is 0 Å². The summed E-state index contributed by atoms with van der Waals surface area (Å²) in [6.07, 6.45) is 1.20. The maximum Gasteiger partial charge on any atom is 0.526 e. The number of carbonyl (C=O) groups excluding carboxylic acids is 1. The van der Waals surface area contributed by atoms with Gasteiger partial charge in [-0.3, -0.25) is 4.79 Å². The first-order valence-corrected chi connectivity index (χ1v) is 6.21. The first kappa shape index (κ1) is 14.3. The zero-order valence-electron chi connectivity index (χ0n) is 9.92. The lowest BCUT2D eigenvalue weighted by molar-refractivity contribution is -0.118. The standard InChI is InChI=1S/C9H19NO4Si/c1-7-8(11)10-9(2,3)15(12-4,13-5)14-6/h7H,1H2,2-6H3,(H,10,11). The average Bonchev–Trinajstić information content (AvgIpc) is 2.20. The van der Waals surface area contributed by atoms with Crippen molar-refractivity contribution in [2.45, 2.75) is 19.0 Å². The van der Waals surface area contributed by atoms with Crippen LogP contribution in [-0.4, -0.2) is 41.2 Å². The van der Waals surface area contributed by atoms with Crippen molar-refractivity contribution in [3.63, 3.8) is 0 Å². The maximum absolute atomic E-state index is 11.2. The Labute approximate surface area is 91.8 Å². The van der Waals surface area contributed by atoms with Crippen molar-refractivity contribution in [3.05, 3.63) is 12.7 Å². The number of hydrogen-bond donors (Lipinski definition) is 1. The van der Waals surface area contributed by atoms with E-state index in [2.05, 4.69) is 11.9 Å². The van der Waals surface area contributed by atoms with Crippen LogP contribution in [-0.2, 0) is 18.1 Å². The van der Waals surface area contributed by atoms with E-state index in [1.165, 1.54) is 27.4 Å². The van der Waals surface area contributed by atoms with Crippen molar-refractivity contribution >= 4 is 14.7 Å². The fourth-order valence-corrected chi connectivity index (χ4v) is 3.76. The van der Waals surface area contributed by atoms with Gasteiger partial charge in [0.05, 0.1) is 0 Å². The minimum Gasteiger partial charge on any atom is -0.375 e. The quantitative estimate of drug-likeness (QED) is 0.536. The molecule has 0 atom stereocenters. The van der Waals surface area contributed by atoms with Crippen molar-refractivity contribution in [2.24, 2.45) is 0 Å². The van der Waals surface area contributed by atoms with Gasteiger partial charge >= 0.3 is 8.80 Å². The second kappa shape index (κ2) is 5.41. The predicted octanol–water partition coefficient (Wildman–Crippen LogP) is 0.484. The average molecular weight is 233 g/mol. The molecule has 0 unspecified atom stereocenters. The van der Waals surface area contributed by atoms with Gasteiger partial charge in [-0.1, -0.05) is 6.58 Å². The number of nitrogens with one attached hydrogen (secondary N) is 1. The number of carbonyl (C=O) groups is 1. The summed E-state index contributed by atoms with van der Waals surface area (Å²) < 4.78 is 15.9. The monoisotopic (exact) mass is 233 g/mol. The fraction of sp³-hybridized carbons (Fsp3) is 0.667. The van der Waals surface area contributed by atoms with Crippen molar-refractivity contribution < 1.29 is 18.1 Å². The van der Waals surface area contributed by atoms with Gasteiger partial charge in [0, 0.05) is 21.3 Å². The minimum absolute atomic E-state index is 0.289. The van der Waals surface area contributed by atoms with E-state index < -0.39 is 14.0 Å². The molecule has 0 bridgehead atoms. The van der Waals surface area contributed by atoms with E-state index >= 15 is 0 Å². The van der Waals surface area contributed by atoms with Crippen LogP contribution in [0.3, 0.4) is 0 Å². The van der Waals surface area contributed by atoms with Crippen molar-refractivity contribution in [1.82, 2.24) is 5.32 Å². The molecule has 0 radical (unpaired) electrons. The van der Waals surface area contributed by atoms with Gasteiger partial charge in [0.15, 0.2) is 0 Å². The zero-order valence-corrected chi connectivity index (χ0v) is 10.9. The summed E-state index contributed by atoms with van der Waals surface area (Å²) in [6.45, 7) is 6.96. The lowest BCUT2D eigenvalue weighted by Gasteiger charge is -2.38. The topological polar surface area (TPSA) is 56.8 Å². The van der Waals surface area contributed by atoms with E-state index in [1.54, 1.807) is 13.8 Å². The summed E-state index contributed by atoms with van der Waals surface area (Å²) in [7, 11) is 1.60. The third-order valence-corrected chi connectivity index (χ3v) is 5.46. The summed E-state index contributed by atoms with van der Waals surface area (Å²) in [5.74, 6) is -0.289. The Kier molecular flexibility index (Phi) is 5.16. The Balaban J connectivity index is 4.93. The molecular weight excluding hydrogens is 214 g/mol. The molecule has 0 rings (SSSR count). The van der Waals surface area contributed by atoms with Crippen molar-refractivity contribution in [3.8, 4) is 0 Å². The number of amides is 1. The van der Waals surface area contributed by atoms with Crippen LogP contribution in [0.1, 0.15) is 13.8 Å². The van der Waals surface area contributed by atoms with E-state index in [1.807, 2.05) is 0 Å². The molecule has 0 aliphatic carbocycles. The fourth-order valence-electron chi connectivity index (χ4n) is 1.45. The number of hydrogen-bond acceptors (Lipinski definition) is 4. The van der Waals surface area contributed by atoms with Gasteiger partial charge in [0.1, 0.15) is 5.16 Å². The van der Waals surface area contributed by atoms with Gasteiger partial charge in [-0.05, 0) is 19.9 Å². The largest absolute Gasteiger partial charge is 0.526 e. The summed E-state index contributed by atoms with van der Waals surface area (Å²) >= 11 is 0. The second-order valence-corrected chi connectivity index (χ2v) is 7.07.